The quantitative estimate of drug-likeness (QED) is 0.284. The average Bonchev–Trinajstić information content (AvgIpc) is 2.69. The molecule has 1 aromatic rings. The lowest BCUT2D eigenvalue weighted by Gasteiger charge is -2.32. The number of hydrogen-bond donors (Lipinski definition) is 0. The van der Waals surface area contributed by atoms with Crippen molar-refractivity contribution in [3.8, 4) is 5.75 Å². The summed E-state index contributed by atoms with van der Waals surface area (Å²) in [6, 6.07) is 7.56. The second-order valence-corrected chi connectivity index (χ2v) is 9.24. The van der Waals surface area contributed by atoms with Crippen molar-refractivity contribution in [3.05, 3.63) is 35.9 Å². The van der Waals surface area contributed by atoms with Crippen molar-refractivity contribution in [2.75, 3.05) is 34.5 Å². The zero-order chi connectivity index (χ0) is 20.1. The molecular formula is C20H32O6Si. The molecule has 0 fully saturated rings. The second-order valence-electron chi connectivity index (χ2n) is 5.99. The van der Waals surface area contributed by atoms with Crippen LogP contribution in [-0.4, -0.2) is 49.3 Å². The van der Waals surface area contributed by atoms with Gasteiger partial charge in [0.25, 0.3) is 0 Å². The lowest BCUT2D eigenvalue weighted by atomic mass is 10.2. The minimum absolute atomic E-state index is 0.189. The summed E-state index contributed by atoms with van der Waals surface area (Å²) in [6.07, 6.45) is 5.91. The van der Waals surface area contributed by atoms with Crippen molar-refractivity contribution in [3.63, 3.8) is 0 Å². The van der Waals surface area contributed by atoms with E-state index in [0.717, 1.165) is 30.6 Å². The van der Waals surface area contributed by atoms with Gasteiger partial charge in [0.05, 0.1) is 13.2 Å². The molecule has 27 heavy (non-hydrogen) atoms. The summed E-state index contributed by atoms with van der Waals surface area (Å²) in [7, 11) is 2.26. The number of hydrogen-bond acceptors (Lipinski definition) is 6. The highest BCUT2D eigenvalue weighted by atomic mass is 28.4. The zero-order valence-corrected chi connectivity index (χ0v) is 18.0. The van der Waals surface area contributed by atoms with E-state index in [-0.39, 0.29) is 11.5 Å². The normalized spacial score (nSPS) is 12.9. The molecule has 1 atom stereocenters. The first kappa shape index (κ1) is 23.4. The van der Waals surface area contributed by atoms with E-state index in [4.69, 9.17) is 22.8 Å². The number of rotatable bonds is 13. The van der Waals surface area contributed by atoms with Gasteiger partial charge in [0.15, 0.2) is 0 Å². The highest BCUT2D eigenvalue weighted by Crippen LogP contribution is 2.32. The summed E-state index contributed by atoms with van der Waals surface area (Å²) in [6.45, 7) is 4.83. The maximum Gasteiger partial charge on any atom is 0.503 e. The van der Waals surface area contributed by atoms with Gasteiger partial charge in [-0.05, 0) is 43.5 Å². The summed E-state index contributed by atoms with van der Waals surface area (Å²) in [5, 5.41) is 0. The number of benzene rings is 1. The molecule has 0 aliphatic heterocycles. The number of carbonyl (C=O) groups excluding carboxylic acids is 1. The summed E-state index contributed by atoms with van der Waals surface area (Å²) in [4.78, 5) is 11.3. The number of ether oxygens (including phenoxy) is 2. The third kappa shape index (κ3) is 7.46. The van der Waals surface area contributed by atoms with Crippen molar-refractivity contribution in [1.82, 2.24) is 0 Å². The fourth-order valence-electron chi connectivity index (χ4n) is 2.95. The molecule has 0 amide bonds. The highest BCUT2D eigenvalue weighted by Gasteiger charge is 2.46. The smallest absolute Gasteiger partial charge is 0.494 e. The molecule has 1 rings (SSSR count). The van der Waals surface area contributed by atoms with Gasteiger partial charge >= 0.3 is 14.8 Å². The summed E-state index contributed by atoms with van der Waals surface area (Å²) in [5.74, 6) is 0.430. The average molecular weight is 397 g/mol. The van der Waals surface area contributed by atoms with Crippen LogP contribution in [0.5, 0.6) is 5.75 Å². The molecular weight excluding hydrogens is 364 g/mol. The van der Waals surface area contributed by atoms with Crippen LogP contribution in [0.4, 0.5) is 0 Å². The van der Waals surface area contributed by atoms with Crippen LogP contribution >= 0.6 is 0 Å². The van der Waals surface area contributed by atoms with Crippen LogP contribution in [0, 0.1) is 0 Å². The largest absolute Gasteiger partial charge is 0.503 e. The third-order valence-corrected chi connectivity index (χ3v) is 7.59. The van der Waals surface area contributed by atoms with Crippen LogP contribution < -0.4 is 4.74 Å². The van der Waals surface area contributed by atoms with E-state index in [9.17, 15) is 4.79 Å². The Bertz CT molecular complexity index is 560. The van der Waals surface area contributed by atoms with Crippen LogP contribution in [0.2, 0.25) is 5.54 Å². The summed E-state index contributed by atoms with van der Waals surface area (Å²) >= 11 is 0. The molecule has 6 nitrogen and oxygen atoms in total. The van der Waals surface area contributed by atoms with E-state index in [1.165, 1.54) is 6.08 Å². The van der Waals surface area contributed by atoms with Crippen LogP contribution in [-0.2, 0) is 22.8 Å². The summed E-state index contributed by atoms with van der Waals surface area (Å²) < 4.78 is 27.6. The Balaban J connectivity index is 2.60. The van der Waals surface area contributed by atoms with Crippen LogP contribution in [0.15, 0.2) is 30.3 Å². The SMILES string of the molecule is CCCC(CCOc1ccc(/C=C/C(=O)OCC)cc1)[Si](OC)(OC)OC. The van der Waals surface area contributed by atoms with Gasteiger partial charge in [0.2, 0.25) is 0 Å². The lowest BCUT2D eigenvalue weighted by molar-refractivity contribution is -0.137. The maximum atomic E-state index is 11.3. The Kier molecular flexibility index (Phi) is 11.0. The van der Waals surface area contributed by atoms with E-state index in [1.54, 1.807) is 34.3 Å². The Labute approximate surface area is 163 Å². The van der Waals surface area contributed by atoms with E-state index in [1.807, 2.05) is 24.3 Å². The zero-order valence-electron chi connectivity index (χ0n) is 17.0. The van der Waals surface area contributed by atoms with E-state index in [2.05, 4.69) is 6.92 Å². The second kappa shape index (κ2) is 12.7. The van der Waals surface area contributed by atoms with Gasteiger partial charge in [-0.2, -0.15) is 0 Å². The predicted molar refractivity (Wildman–Crippen MR) is 108 cm³/mol. The molecule has 1 unspecified atom stereocenters. The molecule has 7 heteroatoms. The minimum Gasteiger partial charge on any atom is -0.494 e. The van der Waals surface area contributed by atoms with Crippen molar-refractivity contribution in [1.29, 1.82) is 0 Å². The van der Waals surface area contributed by atoms with Crippen LogP contribution in [0.3, 0.4) is 0 Å². The predicted octanol–water partition coefficient (Wildman–Crippen LogP) is 4.08. The summed E-state index contributed by atoms with van der Waals surface area (Å²) in [5.41, 5.74) is 1.10. The van der Waals surface area contributed by atoms with Crippen molar-refractivity contribution >= 4 is 20.8 Å². The minimum atomic E-state index is -2.68. The van der Waals surface area contributed by atoms with Gasteiger partial charge in [-0.3, -0.25) is 0 Å². The van der Waals surface area contributed by atoms with Gasteiger partial charge in [-0.25, -0.2) is 4.79 Å². The van der Waals surface area contributed by atoms with Gasteiger partial charge in [-0.15, -0.1) is 0 Å². The van der Waals surface area contributed by atoms with E-state index in [0.29, 0.717) is 13.2 Å². The molecule has 0 aromatic heterocycles. The Morgan fingerprint density at radius 1 is 1.04 bits per heavy atom. The fraction of sp³-hybridized carbons (Fsp3) is 0.550. The molecule has 0 aliphatic carbocycles. The first-order valence-electron chi connectivity index (χ1n) is 9.28. The molecule has 0 radical (unpaired) electrons. The molecule has 0 N–H and O–H groups in total. The first-order valence-corrected chi connectivity index (χ1v) is 11.1. The Hall–Kier alpha value is -1.67. The van der Waals surface area contributed by atoms with Gasteiger partial charge in [-0.1, -0.05) is 25.5 Å². The monoisotopic (exact) mass is 396 g/mol. The molecule has 0 heterocycles. The number of esters is 1. The Morgan fingerprint density at radius 2 is 1.67 bits per heavy atom. The van der Waals surface area contributed by atoms with Gasteiger partial charge in [0.1, 0.15) is 5.75 Å². The Morgan fingerprint density at radius 3 is 2.19 bits per heavy atom. The van der Waals surface area contributed by atoms with Crippen molar-refractivity contribution in [2.45, 2.75) is 38.7 Å². The van der Waals surface area contributed by atoms with Crippen LogP contribution in [0.25, 0.3) is 6.08 Å². The molecule has 152 valence electrons. The highest BCUT2D eigenvalue weighted by molar-refractivity contribution is 6.62. The van der Waals surface area contributed by atoms with Crippen LogP contribution in [0.1, 0.15) is 38.7 Å². The molecule has 1 aromatic carbocycles. The van der Waals surface area contributed by atoms with E-state index < -0.39 is 8.80 Å². The molecule has 0 bridgehead atoms. The fourth-order valence-corrected chi connectivity index (χ4v) is 5.56. The van der Waals surface area contributed by atoms with Crippen molar-refractivity contribution in [2.24, 2.45) is 0 Å². The molecule has 0 saturated heterocycles. The topological polar surface area (TPSA) is 63.2 Å². The standard InChI is InChI=1S/C20H32O6Si/c1-6-8-19(27(22-3,23-4)24-5)15-16-26-18-12-9-17(10-13-18)11-14-20(21)25-7-2/h9-14,19H,6-8,15-16H2,1-5H3/b14-11+. The van der Waals surface area contributed by atoms with E-state index >= 15 is 0 Å². The molecule has 0 aliphatic rings. The first-order chi connectivity index (χ1) is 13.0. The van der Waals surface area contributed by atoms with Gasteiger partial charge < -0.3 is 22.8 Å². The maximum absolute atomic E-state index is 11.3. The van der Waals surface area contributed by atoms with Crippen molar-refractivity contribution < 1.29 is 27.5 Å². The third-order valence-electron chi connectivity index (χ3n) is 4.30. The lowest BCUT2D eigenvalue weighted by Crippen LogP contribution is -2.48. The van der Waals surface area contributed by atoms with Gasteiger partial charge in [0, 0.05) is 32.9 Å². The molecule has 0 saturated carbocycles. The number of carbonyl (C=O) groups is 1. The molecule has 0 spiro atoms.